The SMILES string of the molecule is C=C1C=CC(c2oc3c([C@@H](C)Nc4ccc(Cl)nc4S(N)(=O)=O)cc(C)cc3c(=O)c2C)=CN1C(C)C. The summed E-state index contributed by atoms with van der Waals surface area (Å²) in [4.78, 5) is 19.4. The predicted octanol–water partition coefficient (Wildman–Crippen LogP) is 5.41. The van der Waals surface area contributed by atoms with E-state index in [0.29, 0.717) is 27.9 Å². The summed E-state index contributed by atoms with van der Waals surface area (Å²) in [6, 6.07) is 6.35. The van der Waals surface area contributed by atoms with Gasteiger partial charge in [0.2, 0.25) is 0 Å². The van der Waals surface area contributed by atoms with Crippen molar-refractivity contribution in [3.05, 3.63) is 92.7 Å². The number of aryl methyl sites for hydroxylation is 1. The third-order valence-corrected chi connectivity index (χ3v) is 7.27. The van der Waals surface area contributed by atoms with Gasteiger partial charge in [0.15, 0.2) is 10.5 Å². The van der Waals surface area contributed by atoms with Gasteiger partial charge in [-0.3, -0.25) is 4.79 Å². The molecule has 0 radical (unpaired) electrons. The van der Waals surface area contributed by atoms with Crippen LogP contribution in [-0.4, -0.2) is 24.3 Å². The highest BCUT2D eigenvalue weighted by Gasteiger charge is 2.23. The number of anilines is 1. The molecule has 1 atom stereocenters. The van der Waals surface area contributed by atoms with Crippen molar-refractivity contribution in [1.82, 2.24) is 9.88 Å². The van der Waals surface area contributed by atoms with E-state index in [1.165, 1.54) is 12.1 Å². The van der Waals surface area contributed by atoms with Gasteiger partial charge in [-0.15, -0.1) is 0 Å². The Bertz CT molecular complexity index is 1660. The standard InChI is InChI=1S/C27H29ClN4O4S/c1-14(2)32-13-19(8-7-16(32)4)25-17(5)24(33)21-12-15(3)11-20(26(21)36-25)18(6)30-22-9-10-23(28)31-27(22)37(29,34)35/h7-14,18,30H,4H2,1-3,5-6H3,(H2,29,34,35)/t18-/m1/s1. The smallest absolute Gasteiger partial charge is 0.257 e. The maximum Gasteiger partial charge on any atom is 0.257 e. The first-order valence-electron chi connectivity index (χ1n) is 11.7. The molecule has 1 aromatic carbocycles. The van der Waals surface area contributed by atoms with E-state index in [0.717, 1.165) is 16.8 Å². The molecule has 8 nitrogen and oxygen atoms in total. The summed E-state index contributed by atoms with van der Waals surface area (Å²) in [5.74, 6) is 0.461. The van der Waals surface area contributed by atoms with Gasteiger partial charge in [0.05, 0.1) is 17.1 Å². The topological polar surface area (TPSA) is 119 Å². The first-order chi connectivity index (χ1) is 17.3. The number of primary sulfonamides is 1. The molecule has 0 saturated carbocycles. The van der Waals surface area contributed by atoms with Gasteiger partial charge in [-0.25, -0.2) is 18.5 Å². The first kappa shape index (κ1) is 26.7. The molecule has 0 bridgehead atoms. The number of sulfonamides is 1. The number of benzene rings is 1. The summed E-state index contributed by atoms with van der Waals surface area (Å²) in [7, 11) is -4.14. The van der Waals surface area contributed by atoms with E-state index in [1.54, 1.807) is 13.0 Å². The number of pyridine rings is 1. The zero-order valence-corrected chi connectivity index (χ0v) is 22.9. The number of nitrogens with zero attached hydrogens (tertiary/aromatic N) is 2. The highest BCUT2D eigenvalue weighted by molar-refractivity contribution is 7.89. The van der Waals surface area contributed by atoms with Crippen LogP contribution in [-0.2, 0) is 10.0 Å². The van der Waals surface area contributed by atoms with Crippen molar-refractivity contribution in [3.8, 4) is 0 Å². The Morgan fingerprint density at radius 2 is 1.86 bits per heavy atom. The Balaban J connectivity index is 1.88. The molecule has 0 amide bonds. The average molecular weight is 541 g/mol. The van der Waals surface area contributed by atoms with Gasteiger partial charge in [0.1, 0.15) is 16.5 Å². The van der Waals surface area contributed by atoms with Gasteiger partial charge in [0, 0.05) is 34.6 Å². The van der Waals surface area contributed by atoms with Gasteiger partial charge < -0.3 is 14.6 Å². The molecule has 1 aliphatic rings. The molecule has 0 fully saturated rings. The second kappa shape index (κ2) is 9.81. The lowest BCUT2D eigenvalue weighted by atomic mass is 9.98. The summed E-state index contributed by atoms with van der Waals surface area (Å²) in [5.41, 5.74) is 4.08. The number of hydrogen-bond donors (Lipinski definition) is 2. The van der Waals surface area contributed by atoms with Crippen molar-refractivity contribution in [3.63, 3.8) is 0 Å². The lowest BCUT2D eigenvalue weighted by molar-refractivity contribution is 0.395. The van der Waals surface area contributed by atoms with Crippen molar-refractivity contribution in [2.45, 2.75) is 51.7 Å². The Morgan fingerprint density at radius 3 is 2.51 bits per heavy atom. The largest absolute Gasteiger partial charge is 0.455 e. The quantitative estimate of drug-likeness (QED) is 0.401. The van der Waals surface area contributed by atoms with Crippen LogP contribution in [0.25, 0.3) is 16.5 Å². The second-order valence-electron chi connectivity index (χ2n) is 9.42. The number of aromatic nitrogens is 1. The molecule has 2 aromatic heterocycles. The van der Waals surface area contributed by atoms with E-state index in [9.17, 15) is 13.2 Å². The van der Waals surface area contributed by atoms with E-state index < -0.39 is 16.1 Å². The molecule has 3 heterocycles. The number of allylic oxidation sites excluding steroid dienone is 3. The highest BCUT2D eigenvalue weighted by atomic mass is 35.5. The van der Waals surface area contributed by atoms with Crippen LogP contribution in [0.2, 0.25) is 5.15 Å². The van der Waals surface area contributed by atoms with Crippen molar-refractivity contribution < 1.29 is 12.8 Å². The lowest BCUT2D eigenvalue weighted by Crippen LogP contribution is -2.25. The molecule has 3 N–H and O–H groups in total. The summed E-state index contributed by atoms with van der Waals surface area (Å²) in [5, 5.41) is 8.59. The average Bonchev–Trinajstić information content (AvgIpc) is 2.82. The summed E-state index contributed by atoms with van der Waals surface area (Å²) in [6.07, 6.45) is 5.70. The summed E-state index contributed by atoms with van der Waals surface area (Å²) < 4.78 is 30.7. The zero-order chi connectivity index (χ0) is 27.2. The van der Waals surface area contributed by atoms with Crippen molar-refractivity contribution in [2.75, 3.05) is 5.32 Å². The van der Waals surface area contributed by atoms with E-state index in [1.807, 2.05) is 43.2 Å². The monoisotopic (exact) mass is 540 g/mol. The number of nitrogens with one attached hydrogen (secondary N) is 1. The van der Waals surface area contributed by atoms with E-state index >= 15 is 0 Å². The summed E-state index contributed by atoms with van der Waals surface area (Å²) in [6.45, 7) is 13.7. The molecule has 37 heavy (non-hydrogen) atoms. The molecule has 0 aliphatic carbocycles. The minimum Gasteiger partial charge on any atom is -0.455 e. The molecule has 4 rings (SSSR count). The fourth-order valence-electron chi connectivity index (χ4n) is 4.38. The highest BCUT2D eigenvalue weighted by Crippen LogP contribution is 2.33. The third-order valence-electron chi connectivity index (χ3n) is 6.21. The van der Waals surface area contributed by atoms with Gasteiger partial charge in [0.25, 0.3) is 10.0 Å². The molecule has 194 valence electrons. The third kappa shape index (κ3) is 5.20. The Morgan fingerprint density at radius 1 is 1.16 bits per heavy atom. The number of halogens is 1. The first-order valence-corrected chi connectivity index (χ1v) is 13.6. The fraction of sp³-hybridized carbons (Fsp3) is 0.259. The zero-order valence-electron chi connectivity index (χ0n) is 21.3. The van der Waals surface area contributed by atoms with Crippen molar-refractivity contribution in [2.24, 2.45) is 5.14 Å². The van der Waals surface area contributed by atoms with Crippen LogP contribution in [0.3, 0.4) is 0 Å². The number of rotatable bonds is 6. The minimum atomic E-state index is -4.14. The Labute approximate surface area is 221 Å². The fourth-order valence-corrected chi connectivity index (χ4v) is 5.24. The van der Waals surface area contributed by atoms with Gasteiger partial charge in [-0.2, -0.15) is 0 Å². The van der Waals surface area contributed by atoms with Crippen LogP contribution in [0.15, 0.2) is 69.1 Å². The van der Waals surface area contributed by atoms with Gasteiger partial charge >= 0.3 is 0 Å². The van der Waals surface area contributed by atoms with E-state index in [4.69, 9.17) is 21.2 Å². The Kier molecular flexibility index (Phi) is 7.07. The summed E-state index contributed by atoms with van der Waals surface area (Å²) >= 11 is 5.91. The maximum absolute atomic E-state index is 13.5. The van der Waals surface area contributed by atoms with Crippen molar-refractivity contribution >= 4 is 43.9 Å². The molecule has 1 aliphatic heterocycles. The van der Waals surface area contributed by atoms with E-state index in [-0.39, 0.29) is 27.3 Å². The molecular weight excluding hydrogens is 512 g/mol. The molecule has 0 saturated heterocycles. The van der Waals surface area contributed by atoms with Crippen LogP contribution < -0.4 is 15.9 Å². The molecule has 3 aromatic rings. The molecule has 0 spiro atoms. The predicted molar refractivity (Wildman–Crippen MR) is 148 cm³/mol. The van der Waals surface area contributed by atoms with Crippen molar-refractivity contribution in [1.29, 1.82) is 0 Å². The molecule has 0 unspecified atom stereocenters. The maximum atomic E-state index is 13.5. The normalized spacial score (nSPS) is 14.9. The Hall–Kier alpha value is -3.40. The van der Waals surface area contributed by atoms with E-state index in [2.05, 4.69) is 30.7 Å². The van der Waals surface area contributed by atoms with Crippen LogP contribution in [0.1, 0.15) is 49.3 Å². The van der Waals surface area contributed by atoms with Crippen LogP contribution in [0.5, 0.6) is 0 Å². The van der Waals surface area contributed by atoms with Gasteiger partial charge in [-0.05, 0) is 70.5 Å². The number of nitrogens with two attached hydrogens (primary N) is 1. The lowest BCUT2D eigenvalue weighted by Gasteiger charge is -2.29. The number of fused-ring (bicyclic) bond motifs is 1. The number of hydrogen-bond acceptors (Lipinski definition) is 7. The molecule has 10 heteroatoms. The van der Waals surface area contributed by atoms with Crippen LogP contribution >= 0.6 is 11.6 Å². The second-order valence-corrected chi connectivity index (χ2v) is 11.3. The molecular formula is C27H29ClN4O4S. The van der Waals surface area contributed by atoms with Crippen LogP contribution in [0, 0.1) is 13.8 Å². The van der Waals surface area contributed by atoms with Crippen LogP contribution in [0.4, 0.5) is 5.69 Å². The van der Waals surface area contributed by atoms with Gasteiger partial charge in [-0.1, -0.05) is 24.2 Å². The minimum absolute atomic E-state index is 0.00119.